The molecule has 7 heteroatoms. The molecule has 1 N–H and O–H groups in total. The third kappa shape index (κ3) is 4.66. The molecule has 28 heavy (non-hydrogen) atoms. The highest BCUT2D eigenvalue weighted by Gasteiger charge is 2.24. The predicted octanol–water partition coefficient (Wildman–Crippen LogP) is 3.68. The molecule has 146 valence electrons. The summed E-state index contributed by atoms with van der Waals surface area (Å²) in [7, 11) is 0. The van der Waals surface area contributed by atoms with Crippen molar-refractivity contribution in [3.63, 3.8) is 0 Å². The Morgan fingerprint density at radius 2 is 2.00 bits per heavy atom. The predicted molar refractivity (Wildman–Crippen MR) is 109 cm³/mol. The van der Waals surface area contributed by atoms with Crippen molar-refractivity contribution in [2.75, 3.05) is 19.6 Å². The fourth-order valence-corrected chi connectivity index (χ4v) is 4.38. The lowest BCUT2D eigenvalue weighted by molar-refractivity contribution is -0.121. The number of hydrogen-bond donors (Lipinski definition) is 1. The normalized spacial score (nSPS) is 15.6. The molecule has 0 spiro atoms. The van der Waals surface area contributed by atoms with Crippen LogP contribution in [0.25, 0.3) is 11.4 Å². The van der Waals surface area contributed by atoms with Crippen molar-refractivity contribution in [1.29, 1.82) is 0 Å². The van der Waals surface area contributed by atoms with E-state index in [1.54, 1.807) is 11.3 Å². The molecule has 2 aromatic heterocycles. The zero-order valence-electron chi connectivity index (χ0n) is 15.7. The van der Waals surface area contributed by atoms with Gasteiger partial charge in [0.1, 0.15) is 0 Å². The van der Waals surface area contributed by atoms with E-state index in [1.165, 1.54) is 17.7 Å². The van der Waals surface area contributed by atoms with Crippen molar-refractivity contribution >= 4 is 17.2 Å². The molecular weight excluding hydrogens is 372 g/mol. The summed E-state index contributed by atoms with van der Waals surface area (Å²) >= 11 is 1.75. The Hall–Kier alpha value is -2.51. The number of likely N-dealkylation sites (tertiary alicyclic amines) is 1. The number of thiophene rings is 1. The molecule has 1 saturated heterocycles. The highest BCUT2D eigenvalue weighted by molar-refractivity contribution is 7.10. The molecule has 1 amide bonds. The summed E-state index contributed by atoms with van der Waals surface area (Å²) in [5.41, 5.74) is 0.909. The summed E-state index contributed by atoms with van der Waals surface area (Å²) in [6, 6.07) is 14.2. The van der Waals surface area contributed by atoms with Gasteiger partial charge in [-0.1, -0.05) is 41.6 Å². The standard InChI is InChI=1S/C21H24N4O2S/c26-19(10-11-20-23-21(24-27-20)16-7-2-1-3-8-16)22-15-17(18-9-6-14-28-18)25-12-4-5-13-25/h1-3,6-9,14,17H,4-5,10-13,15H2,(H,22,26)/t17-/m0/s1. The first-order valence-corrected chi connectivity index (χ1v) is 10.6. The number of benzene rings is 1. The molecule has 0 unspecified atom stereocenters. The summed E-state index contributed by atoms with van der Waals surface area (Å²) in [5.74, 6) is 1.06. The molecule has 4 rings (SSSR count). The van der Waals surface area contributed by atoms with Crippen LogP contribution in [0, 0.1) is 0 Å². The van der Waals surface area contributed by atoms with Crippen molar-refractivity contribution in [1.82, 2.24) is 20.4 Å². The van der Waals surface area contributed by atoms with Gasteiger partial charge in [0, 0.05) is 29.8 Å². The summed E-state index contributed by atoms with van der Waals surface area (Å²) in [4.78, 5) is 20.5. The fraction of sp³-hybridized carbons (Fsp3) is 0.381. The Balaban J connectivity index is 1.29. The van der Waals surface area contributed by atoms with E-state index in [1.807, 2.05) is 30.3 Å². The summed E-state index contributed by atoms with van der Waals surface area (Å²) in [6.07, 6.45) is 3.25. The van der Waals surface area contributed by atoms with Gasteiger partial charge in [0.2, 0.25) is 17.6 Å². The number of amides is 1. The molecule has 0 aliphatic carbocycles. The second kappa shape index (κ2) is 9.12. The van der Waals surface area contributed by atoms with Crippen LogP contribution in [0.5, 0.6) is 0 Å². The average molecular weight is 397 g/mol. The van der Waals surface area contributed by atoms with Gasteiger partial charge in [0.25, 0.3) is 0 Å². The highest BCUT2D eigenvalue weighted by Crippen LogP contribution is 2.27. The topological polar surface area (TPSA) is 71.3 Å². The number of nitrogens with zero attached hydrogens (tertiary/aromatic N) is 3. The van der Waals surface area contributed by atoms with Crippen LogP contribution in [-0.2, 0) is 11.2 Å². The Morgan fingerprint density at radius 3 is 2.75 bits per heavy atom. The van der Waals surface area contributed by atoms with E-state index in [9.17, 15) is 4.79 Å². The molecule has 0 bridgehead atoms. The summed E-state index contributed by atoms with van der Waals surface area (Å²) in [5, 5.41) is 9.19. The van der Waals surface area contributed by atoms with Gasteiger partial charge in [0.05, 0.1) is 6.04 Å². The van der Waals surface area contributed by atoms with Gasteiger partial charge in [0.15, 0.2) is 0 Å². The van der Waals surface area contributed by atoms with E-state index < -0.39 is 0 Å². The first kappa shape index (κ1) is 18.8. The summed E-state index contributed by atoms with van der Waals surface area (Å²) in [6.45, 7) is 2.84. The van der Waals surface area contributed by atoms with Gasteiger partial charge in [-0.25, -0.2) is 0 Å². The first-order valence-electron chi connectivity index (χ1n) is 9.72. The molecule has 6 nitrogen and oxygen atoms in total. The van der Waals surface area contributed by atoms with Gasteiger partial charge in [-0.3, -0.25) is 9.69 Å². The molecule has 3 aromatic rings. The number of hydrogen-bond acceptors (Lipinski definition) is 6. The Kier molecular flexibility index (Phi) is 6.14. The number of aromatic nitrogens is 2. The second-order valence-corrected chi connectivity index (χ2v) is 7.94. The highest BCUT2D eigenvalue weighted by atomic mass is 32.1. The zero-order chi connectivity index (χ0) is 19.2. The van der Waals surface area contributed by atoms with Crippen LogP contribution in [-0.4, -0.2) is 40.6 Å². The molecule has 0 saturated carbocycles. The molecule has 1 atom stereocenters. The molecule has 0 radical (unpaired) electrons. The second-order valence-electron chi connectivity index (χ2n) is 6.96. The van der Waals surface area contributed by atoms with Gasteiger partial charge in [-0.2, -0.15) is 4.98 Å². The van der Waals surface area contributed by atoms with Crippen LogP contribution >= 0.6 is 11.3 Å². The number of nitrogens with one attached hydrogen (secondary N) is 1. The molecule has 1 aliphatic heterocycles. The van der Waals surface area contributed by atoms with Crippen molar-refractivity contribution in [3.8, 4) is 11.4 Å². The van der Waals surface area contributed by atoms with Crippen molar-refractivity contribution in [3.05, 3.63) is 58.6 Å². The molecule has 1 aliphatic rings. The van der Waals surface area contributed by atoms with E-state index >= 15 is 0 Å². The van der Waals surface area contributed by atoms with Gasteiger partial charge < -0.3 is 9.84 Å². The zero-order valence-corrected chi connectivity index (χ0v) is 16.5. The van der Waals surface area contributed by atoms with E-state index in [2.05, 4.69) is 37.9 Å². The first-order chi connectivity index (χ1) is 13.8. The number of carbonyl (C=O) groups excluding carboxylic acids is 1. The van der Waals surface area contributed by atoms with E-state index in [4.69, 9.17) is 4.52 Å². The van der Waals surface area contributed by atoms with Crippen LogP contribution in [0.15, 0.2) is 52.4 Å². The third-order valence-electron chi connectivity index (χ3n) is 5.01. The largest absolute Gasteiger partial charge is 0.354 e. The van der Waals surface area contributed by atoms with E-state index in [0.717, 1.165) is 18.7 Å². The minimum atomic E-state index is 0.0141. The molecule has 1 aromatic carbocycles. The minimum absolute atomic E-state index is 0.0141. The quantitative estimate of drug-likeness (QED) is 0.629. The van der Waals surface area contributed by atoms with Crippen molar-refractivity contribution in [2.45, 2.75) is 31.7 Å². The molecular formula is C21H24N4O2S. The lowest BCUT2D eigenvalue weighted by atomic mass is 10.2. The van der Waals surface area contributed by atoms with Crippen LogP contribution in [0.4, 0.5) is 0 Å². The SMILES string of the molecule is O=C(CCc1nc(-c2ccccc2)no1)NC[C@@H](c1cccs1)N1CCCC1. The molecule has 1 fully saturated rings. The van der Waals surface area contributed by atoms with Gasteiger partial charge >= 0.3 is 0 Å². The minimum Gasteiger partial charge on any atom is -0.354 e. The average Bonchev–Trinajstić information content (AvgIpc) is 3.50. The lowest BCUT2D eigenvalue weighted by Crippen LogP contribution is -2.36. The van der Waals surface area contributed by atoms with E-state index in [-0.39, 0.29) is 11.9 Å². The number of carbonyl (C=O) groups is 1. The smallest absolute Gasteiger partial charge is 0.227 e. The van der Waals surface area contributed by atoms with Crippen LogP contribution < -0.4 is 5.32 Å². The Morgan fingerprint density at radius 1 is 1.18 bits per heavy atom. The Bertz CT molecular complexity index is 873. The lowest BCUT2D eigenvalue weighted by Gasteiger charge is -2.26. The Labute approximate surface area is 168 Å². The van der Waals surface area contributed by atoms with Crippen molar-refractivity contribution in [2.24, 2.45) is 0 Å². The monoisotopic (exact) mass is 396 g/mol. The van der Waals surface area contributed by atoms with Gasteiger partial charge in [-0.15, -0.1) is 11.3 Å². The van der Waals surface area contributed by atoms with E-state index in [0.29, 0.717) is 31.1 Å². The number of rotatable bonds is 8. The number of aryl methyl sites for hydroxylation is 1. The maximum absolute atomic E-state index is 12.4. The maximum atomic E-state index is 12.4. The van der Waals surface area contributed by atoms with Gasteiger partial charge in [-0.05, 0) is 37.4 Å². The van der Waals surface area contributed by atoms with Crippen LogP contribution in [0.2, 0.25) is 0 Å². The fourth-order valence-electron chi connectivity index (χ4n) is 3.52. The maximum Gasteiger partial charge on any atom is 0.227 e. The summed E-state index contributed by atoms with van der Waals surface area (Å²) < 4.78 is 5.29. The van der Waals surface area contributed by atoms with Crippen molar-refractivity contribution < 1.29 is 9.32 Å². The third-order valence-corrected chi connectivity index (χ3v) is 5.99. The van der Waals surface area contributed by atoms with Crippen LogP contribution in [0.1, 0.15) is 36.1 Å². The molecule has 3 heterocycles. The van der Waals surface area contributed by atoms with Crippen LogP contribution in [0.3, 0.4) is 0 Å².